The van der Waals surface area contributed by atoms with E-state index in [1.54, 1.807) is 0 Å². The molecule has 0 N–H and O–H groups in total. The van der Waals surface area contributed by atoms with E-state index in [1.807, 2.05) is 25.1 Å². The molecule has 0 bridgehead atoms. The summed E-state index contributed by atoms with van der Waals surface area (Å²) < 4.78 is 0. The summed E-state index contributed by atoms with van der Waals surface area (Å²) in [5.74, 6) is 0. The van der Waals surface area contributed by atoms with Crippen molar-refractivity contribution in [3.8, 4) is 0 Å². The maximum Gasteiger partial charge on any atom is 0.156 e. The van der Waals surface area contributed by atoms with Gasteiger partial charge in [0.15, 0.2) is 8.83 Å². The number of hydrogen-bond donors (Lipinski definition) is 0. The third-order valence-corrected chi connectivity index (χ3v) is 3.61. The molecule has 0 atom stereocenters. The minimum absolute atomic E-state index is 0.537. The largest absolute Gasteiger partial charge is 0.170 e. The van der Waals surface area contributed by atoms with Crippen molar-refractivity contribution in [2.24, 2.45) is 0 Å². The highest BCUT2D eigenvalue weighted by atomic mass is 35.6. The van der Waals surface area contributed by atoms with Gasteiger partial charge in [-0.3, -0.25) is 0 Å². The van der Waals surface area contributed by atoms with E-state index in [1.165, 1.54) is 10.8 Å². The molecule has 0 nitrogen and oxygen atoms in total. The average Bonchev–Trinajstić information content (AvgIpc) is 2.09. The second kappa shape index (κ2) is 4.37. The van der Waals surface area contributed by atoms with E-state index in [9.17, 15) is 0 Å². The molecule has 0 fully saturated rings. The van der Waals surface area contributed by atoms with E-state index >= 15 is 0 Å². The summed E-state index contributed by atoms with van der Waals surface area (Å²) in [6.07, 6.45) is 2.11. The fourth-order valence-corrected chi connectivity index (χ4v) is 2.44. The third kappa shape index (κ3) is 2.21. The van der Waals surface area contributed by atoms with Gasteiger partial charge in [0.25, 0.3) is 0 Å². The number of hydrogen-bond acceptors (Lipinski definition) is 0. The fraction of sp³-hybridized carbons (Fsp3) is 0.111. The molecule has 0 saturated carbocycles. The van der Waals surface area contributed by atoms with Crippen LogP contribution in [0.3, 0.4) is 0 Å². The maximum absolute atomic E-state index is 5.87. The second-order valence-corrected chi connectivity index (χ2v) is 4.14. The summed E-state index contributed by atoms with van der Waals surface area (Å²) in [6, 6.07) is 10.3. The van der Waals surface area contributed by atoms with Crippen molar-refractivity contribution in [1.29, 1.82) is 0 Å². The van der Waals surface area contributed by atoms with Crippen molar-refractivity contribution < 1.29 is 0 Å². The zero-order valence-corrected chi connectivity index (χ0v) is 8.72. The van der Waals surface area contributed by atoms with Gasteiger partial charge < -0.3 is 0 Å². The Balaban J connectivity index is 2.92. The molecule has 0 aliphatic heterocycles. The van der Waals surface area contributed by atoms with Crippen molar-refractivity contribution in [3.05, 3.63) is 42.0 Å². The van der Waals surface area contributed by atoms with Crippen LogP contribution in [0.15, 0.2) is 36.4 Å². The van der Waals surface area contributed by atoms with Crippen LogP contribution in [0.1, 0.15) is 12.5 Å². The number of rotatable bonds is 2. The Morgan fingerprint density at radius 3 is 2.45 bits per heavy atom. The lowest BCUT2D eigenvalue weighted by molar-refractivity contribution is 1.63. The summed E-state index contributed by atoms with van der Waals surface area (Å²) in [5, 5.41) is 1.33. The molecular weight excluding hydrogens is 172 g/mol. The molecule has 0 spiro atoms. The Hall–Kier alpha value is -0.533. The van der Waals surface area contributed by atoms with Gasteiger partial charge in [0, 0.05) is 0 Å². The van der Waals surface area contributed by atoms with E-state index in [2.05, 4.69) is 18.2 Å². The second-order valence-electron chi connectivity index (χ2n) is 2.31. The third-order valence-electron chi connectivity index (χ3n) is 1.64. The van der Waals surface area contributed by atoms with Gasteiger partial charge in [-0.15, -0.1) is 0 Å². The molecule has 0 saturated heterocycles. The van der Waals surface area contributed by atoms with Crippen LogP contribution in [0, 0.1) is 0 Å². The minimum atomic E-state index is -0.537. The number of allylic oxidation sites excluding steroid dienone is 1. The van der Waals surface area contributed by atoms with Gasteiger partial charge in [-0.2, -0.15) is 11.1 Å². The lowest BCUT2D eigenvalue weighted by Gasteiger charge is -2.00. The molecule has 1 aromatic carbocycles. The van der Waals surface area contributed by atoms with Crippen LogP contribution in [0.25, 0.3) is 5.20 Å². The van der Waals surface area contributed by atoms with E-state index in [-0.39, 0.29) is 0 Å². The molecule has 0 aliphatic carbocycles. The molecule has 0 radical (unpaired) electrons. The lowest BCUT2D eigenvalue weighted by atomic mass is 10.2. The Kier molecular flexibility index (Phi) is 3.40. The van der Waals surface area contributed by atoms with Crippen molar-refractivity contribution in [1.82, 2.24) is 0 Å². The zero-order chi connectivity index (χ0) is 8.10. The fourth-order valence-electron chi connectivity index (χ4n) is 0.973. The molecular formula is C9H11ClSi. The van der Waals surface area contributed by atoms with Gasteiger partial charge in [-0.05, 0) is 17.7 Å². The Bertz CT molecular complexity index is 241. The van der Waals surface area contributed by atoms with E-state index < -0.39 is 8.83 Å². The predicted octanol–water partition coefficient (Wildman–Crippen LogP) is 2.37. The monoisotopic (exact) mass is 182 g/mol. The summed E-state index contributed by atoms with van der Waals surface area (Å²) in [6.45, 7) is 2.04. The van der Waals surface area contributed by atoms with Crippen molar-refractivity contribution in [2.45, 2.75) is 6.92 Å². The molecule has 0 heterocycles. The van der Waals surface area contributed by atoms with Crippen molar-refractivity contribution in [2.75, 3.05) is 0 Å². The smallest absolute Gasteiger partial charge is 0.156 e. The van der Waals surface area contributed by atoms with Gasteiger partial charge in [0.1, 0.15) is 0 Å². The Morgan fingerprint density at radius 1 is 1.36 bits per heavy atom. The first-order chi connectivity index (χ1) is 5.38. The van der Waals surface area contributed by atoms with Crippen LogP contribution in [0.4, 0.5) is 0 Å². The highest BCUT2D eigenvalue weighted by Crippen LogP contribution is 2.12. The summed E-state index contributed by atoms with van der Waals surface area (Å²) in [4.78, 5) is 0. The lowest BCUT2D eigenvalue weighted by Crippen LogP contribution is -1.86. The maximum atomic E-state index is 5.87. The van der Waals surface area contributed by atoms with Crippen LogP contribution < -0.4 is 0 Å². The molecule has 58 valence electrons. The molecule has 11 heavy (non-hydrogen) atoms. The SMILES string of the molecule is CC=C([SiH2]Cl)c1ccccc1. The molecule has 0 aromatic heterocycles. The van der Waals surface area contributed by atoms with E-state index in [0.29, 0.717) is 0 Å². The van der Waals surface area contributed by atoms with E-state index in [0.717, 1.165) is 0 Å². The van der Waals surface area contributed by atoms with Crippen LogP contribution in [0.2, 0.25) is 0 Å². The molecule has 0 amide bonds. The Labute approximate surface area is 74.4 Å². The predicted molar refractivity (Wildman–Crippen MR) is 54.5 cm³/mol. The first kappa shape index (κ1) is 8.56. The van der Waals surface area contributed by atoms with Gasteiger partial charge in [0.05, 0.1) is 0 Å². The van der Waals surface area contributed by atoms with Crippen molar-refractivity contribution >= 4 is 25.1 Å². The topological polar surface area (TPSA) is 0 Å². The molecule has 0 unspecified atom stereocenters. The highest BCUT2D eigenvalue weighted by Gasteiger charge is 1.96. The summed E-state index contributed by atoms with van der Waals surface area (Å²) in [7, 11) is -0.537. The molecule has 0 aliphatic rings. The standard InChI is InChI=1S/C9H11ClSi/c1-2-9(11-10)8-6-4-3-5-7-8/h2-7H,11H2,1H3. The van der Waals surface area contributed by atoms with Gasteiger partial charge in [-0.1, -0.05) is 36.4 Å². The Morgan fingerprint density at radius 2 is 2.00 bits per heavy atom. The van der Waals surface area contributed by atoms with E-state index in [4.69, 9.17) is 11.1 Å². The zero-order valence-electron chi connectivity index (χ0n) is 6.55. The number of halogens is 1. The normalized spacial score (nSPS) is 12.7. The quantitative estimate of drug-likeness (QED) is 0.487. The highest BCUT2D eigenvalue weighted by molar-refractivity contribution is 7.04. The molecule has 2 heteroatoms. The van der Waals surface area contributed by atoms with Crippen LogP contribution >= 0.6 is 11.1 Å². The van der Waals surface area contributed by atoms with Gasteiger partial charge in [0.2, 0.25) is 0 Å². The average molecular weight is 183 g/mol. The first-order valence-corrected chi connectivity index (χ1v) is 6.49. The van der Waals surface area contributed by atoms with Crippen LogP contribution in [-0.2, 0) is 0 Å². The molecule has 1 rings (SSSR count). The summed E-state index contributed by atoms with van der Waals surface area (Å²) >= 11 is 5.87. The van der Waals surface area contributed by atoms with Crippen molar-refractivity contribution in [3.63, 3.8) is 0 Å². The van der Waals surface area contributed by atoms with Gasteiger partial charge >= 0.3 is 0 Å². The minimum Gasteiger partial charge on any atom is -0.170 e. The molecule has 1 aromatic rings. The summed E-state index contributed by atoms with van der Waals surface area (Å²) in [5.41, 5.74) is 1.27. The van der Waals surface area contributed by atoms with Crippen LogP contribution in [-0.4, -0.2) is 8.83 Å². The van der Waals surface area contributed by atoms with Gasteiger partial charge in [-0.25, -0.2) is 0 Å². The van der Waals surface area contributed by atoms with Crippen LogP contribution in [0.5, 0.6) is 0 Å². The first-order valence-electron chi connectivity index (χ1n) is 3.65. The number of benzene rings is 1.